The Bertz CT molecular complexity index is 768. The predicted molar refractivity (Wildman–Crippen MR) is 81.0 cm³/mol. The molecule has 3 heterocycles. The Morgan fingerprint density at radius 3 is 2.76 bits per heavy atom. The number of hydrogen-bond donors (Lipinski definition) is 1. The molecule has 3 aromatic heterocycles. The van der Waals surface area contributed by atoms with E-state index in [1.807, 2.05) is 16.7 Å². The lowest BCUT2D eigenvalue weighted by Crippen LogP contribution is -2.15. The van der Waals surface area contributed by atoms with Gasteiger partial charge in [0.2, 0.25) is 5.28 Å². The summed E-state index contributed by atoms with van der Waals surface area (Å²) in [5.74, 6) is 0. The molecule has 3 aromatic rings. The molecule has 108 valence electrons. The zero-order chi connectivity index (χ0) is 15.0. The lowest BCUT2D eigenvalue weighted by Gasteiger charge is -2.12. The van der Waals surface area contributed by atoms with Gasteiger partial charge in [-0.1, -0.05) is 6.07 Å². The molecular formula is C14H15ClN6. The SMILES string of the molecule is CC(C)n1cnc2c(C(N)c3cccnc3)nc(Cl)nc21. The van der Waals surface area contributed by atoms with E-state index in [0.717, 1.165) is 5.56 Å². The van der Waals surface area contributed by atoms with Crippen molar-refractivity contribution in [3.8, 4) is 0 Å². The van der Waals surface area contributed by atoms with Gasteiger partial charge in [-0.25, -0.2) is 9.97 Å². The molecule has 0 aromatic carbocycles. The number of nitrogens with zero attached hydrogens (tertiary/aromatic N) is 5. The Morgan fingerprint density at radius 2 is 2.10 bits per heavy atom. The number of imidazole rings is 1. The normalized spacial score (nSPS) is 13.0. The molecule has 0 bridgehead atoms. The fourth-order valence-electron chi connectivity index (χ4n) is 2.22. The van der Waals surface area contributed by atoms with E-state index in [0.29, 0.717) is 16.9 Å². The van der Waals surface area contributed by atoms with Crippen molar-refractivity contribution in [1.29, 1.82) is 0 Å². The van der Waals surface area contributed by atoms with Crippen LogP contribution < -0.4 is 5.73 Å². The van der Waals surface area contributed by atoms with Crippen LogP contribution in [0.2, 0.25) is 5.28 Å². The first kappa shape index (κ1) is 13.9. The molecule has 2 N–H and O–H groups in total. The standard InChI is InChI=1S/C14H15ClN6/c1-8(2)21-7-18-12-11(19-14(15)20-13(12)21)10(16)9-4-3-5-17-6-9/h3-8,10H,16H2,1-2H3. The number of nitrogens with two attached hydrogens (primary N) is 1. The highest BCUT2D eigenvalue weighted by Gasteiger charge is 2.20. The number of aromatic nitrogens is 5. The van der Waals surface area contributed by atoms with E-state index in [4.69, 9.17) is 17.3 Å². The average molecular weight is 303 g/mol. The Kier molecular flexibility index (Phi) is 3.57. The molecular weight excluding hydrogens is 288 g/mol. The van der Waals surface area contributed by atoms with Gasteiger partial charge in [-0.05, 0) is 37.1 Å². The first-order valence-corrected chi connectivity index (χ1v) is 7.01. The van der Waals surface area contributed by atoms with Crippen LogP contribution in [-0.2, 0) is 0 Å². The van der Waals surface area contributed by atoms with Crippen LogP contribution in [0.4, 0.5) is 0 Å². The average Bonchev–Trinajstić information content (AvgIpc) is 2.90. The number of halogens is 1. The van der Waals surface area contributed by atoms with Crippen LogP contribution in [0.5, 0.6) is 0 Å². The number of fused-ring (bicyclic) bond motifs is 1. The molecule has 7 heteroatoms. The molecule has 0 aliphatic rings. The minimum Gasteiger partial charge on any atom is -0.319 e. The molecule has 0 aliphatic carbocycles. The van der Waals surface area contributed by atoms with Gasteiger partial charge < -0.3 is 10.3 Å². The van der Waals surface area contributed by atoms with E-state index in [2.05, 4.69) is 33.8 Å². The third-order valence-electron chi connectivity index (χ3n) is 3.32. The first-order valence-electron chi connectivity index (χ1n) is 6.63. The van der Waals surface area contributed by atoms with E-state index < -0.39 is 6.04 Å². The Morgan fingerprint density at radius 1 is 1.29 bits per heavy atom. The monoisotopic (exact) mass is 302 g/mol. The van der Waals surface area contributed by atoms with Crippen molar-refractivity contribution in [3.63, 3.8) is 0 Å². The highest BCUT2D eigenvalue weighted by molar-refractivity contribution is 6.28. The summed E-state index contributed by atoms with van der Waals surface area (Å²) in [5.41, 5.74) is 9.13. The molecule has 0 saturated carbocycles. The molecule has 1 unspecified atom stereocenters. The van der Waals surface area contributed by atoms with Crippen molar-refractivity contribution >= 4 is 22.8 Å². The molecule has 0 fully saturated rings. The lowest BCUT2D eigenvalue weighted by molar-refractivity contribution is 0.612. The van der Waals surface area contributed by atoms with Crippen molar-refractivity contribution in [2.45, 2.75) is 25.9 Å². The summed E-state index contributed by atoms with van der Waals surface area (Å²) in [4.78, 5) is 17.0. The fourth-order valence-corrected chi connectivity index (χ4v) is 2.39. The smallest absolute Gasteiger partial charge is 0.224 e. The first-order chi connectivity index (χ1) is 10.1. The summed E-state index contributed by atoms with van der Waals surface area (Å²) >= 11 is 6.05. The molecule has 0 spiro atoms. The predicted octanol–water partition coefficient (Wildman–Crippen LogP) is 2.50. The largest absolute Gasteiger partial charge is 0.319 e. The summed E-state index contributed by atoms with van der Waals surface area (Å²) in [7, 11) is 0. The highest BCUT2D eigenvalue weighted by atomic mass is 35.5. The van der Waals surface area contributed by atoms with E-state index in [-0.39, 0.29) is 11.3 Å². The molecule has 3 rings (SSSR count). The molecule has 0 radical (unpaired) electrons. The maximum atomic E-state index is 6.30. The van der Waals surface area contributed by atoms with Gasteiger partial charge in [0.05, 0.1) is 18.1 Å². The van der Waals surface area contributed by atoms with Gasteiger partial charge in [0.1, 0.15) is 5.52 Å². The second kappa shape index (κ2) is 5.38. The maximum Gasteiger partial charge on any atom is 0.224 e. The molecule has 0 saturated heterocycles. The quantitative estimate of drug-likeness (QED) is 0.752. The summed E-state index contributed by atoms with van der Waals surface area (Å²) in [6.07, 6.45) is 5.15. The van der Waals surface area contributed by atoms with Gasteiger partial charge in [-0.2, -0.15) is 4.98 Å². The fraction of sp³-hybridized carbons (Fsp3) is 0.286. The van der Waals surface area contributed by atoms with Crippen LogP contribution in [0.3, 0.4) is 0 Å². The summed E-state index contributed by atoms with van der Waals surface area (Å²) in [6, 6.07) is 3.52. The number of hydrogen-bond acceptors (Lipinski definition) is 5. The van der Waals surface area contributed by atoms with Crippen molar-refractivity contribution in [2.75, 3.05) is 0 Å². The number of rotatable bonds is 3. The van der Waals surface area contributed by atoms with E-state index >= 15 is 0 Å². The summed E-state index contributed by atoms with van der Waals surface area (Å²) in [6.45, 7) is 4.11. The van der Waals surface area contributed by atoms with Gasteiger partial charge in [0.25, 0.3) is 0 Å². The van der Waals surface area contributed by atoms with Crippen molar-refractivity contribution < 1.29 is 0 Å². The zero-order valence-electron chi connectivity index (χ0n) is 11.7. The molecule has 21 heavy (non-hydrogen) atoms. The molecule has 0 amide bonds. The molecule has 6 nitrogen and oxygen atoms in total. The van der Waals surface area contributed by atoms with E-state index in [1.54, 1.807) is 18.7 Å². The minimum atomic E-state index is -0.447. The van der Waals surface area contributed by atoms with Crippen molar-refractivity contribution in [3.05, 3.63) is 47.4 Å². The maximum absolute atomic E-state index is 6.30. The summed E-state index contributed by atoms with van der Waals surface area (Å²) < 4.78 is 1.95. The van der Waals surface area contributed by atoms with Crippen LogP contribution in [0.25, 0.3) is 11.2 Å². The van der Waals surface area contributed by atoms with Crippen LogP contribution in [0.15, 0.2) is 30.9 Å². The van der Waals surface area contributed by atoms with Crippen LogP contribution in [0, 0.1) is 0 Å². The Balaban J connectivity index is 2.19. The topological polar surface area (TPSA) is 82.5 Å². The van der Waals surface area contributed by atoms with Gasteiger partial charge >= 0.3 is 0 Å². The van der Waals surface area contributed by atoms with Crippen LogP contribution in [0.1, 0.15) is 37.2 Å². The van der Waals surface area contributed by atoms with Gasteiger partial charge in [-0.15, -0.1) is 0 Å². The van der Waals surface area contributed by atoms with Gasteiger partial charge in [0, 0.05) is 18.4 Å². The second-order valence-corrected chi connectivity index (χ2v) is 5.40. The van der Waals surface area contributed by atoms with Gasteiger partial charge in [0.15, 0.2) is 5.65 Å². The van der Waals surface area contributed by atoms with E-state index in [1.165, 1.54) is 0 Å². The Hall–Kier alpha value is -2.05. The molecule has 0 aliphatic heterocycles. The highest BCUT2D eigenvalue weighted by Crippen LogP contribution is 2.26. The molecule has 1 atom stereocenters. The third-order valence-corrected chi connectivity index (χ3v) is 3.48. The number of pyridine rings is 1. The summed E-state index contributed by atoms with van der Waals surface area (Å²) in [5, 5.41) is 0.166. The van der Waals surface area contributed by atoms with Crippen molar-refractivity contribution in [2.24, 2.45) is 5.73 Å². The Labute approximate surface area is 127 Å². The third kappa shape index (κ3) is 2.48. The van der Waals surface area contributed by atoms with E-state index in [9.17, 15) is 0 Å². The second-order valence-electron chi connectivity index (χ2n) is 5.06. The minimum absolute atomic E-state index is 0.166. The van der Waals surface area contributed by atoms with Crippen LogP contribution in [-0.4, -0.2) is 24.5 Å². The van der Waals surface area contributed by atoms with Crippen molar-refractivity contribution in [1.82, 2.24) is 24.5 Å². The lowest BCUT2D eigenvalue weighted by atomic mass is 10.1. The zero-order valence-corrected chi connectivity index (χ0v) is 12.5. The van der Waals surface area contributed by atoms with Crippen LogP contribution >= 0.6 is 11.6 Å². The van der Waals surface area contributed by atoms with Gasteiger partial charge in [-0.3, -0.25) is 4.98 Å².